The van der Waals surface area contributed by atoms with Gasteiger partial charge in [-0.25, -0.2) is 18.7 Å². The lowest BCUT2D eigenvalue weighted by Crippen LogP contribution is -2.19. The van der Waals surface area contributed by atoms with Crippen LogP contribution in [0.25, 0.3) is 10.9 Å². The van der Waals surface area contributed by atoms with E-state index in [1.54, 1.807) is 18.2 Å². The van der Waals surface area contributed by atoms with Crippen molar-refractivity contribution in [3.8, 4) is 0 Å². The Morgan fingerprint density at radius 3 is 2.72 bits per heavy atom. The summed E-state index contributed by atoms with van der Waals surface area (Å²) in [5.41, 5.74) is 1.96. The first-order valence-corrected chi connectivity index (χ1v) is 10.8. The first-order valence-electron chi connectivity index (χ1n) is 10.0. The molecule has 32 heavy (non-hydrogen) atoms. The van der Waals surface area contributed by atoms with Crippen LogP contribution < -0.4 is 10.6 Å². The van der Waals surface area contributed by atoms with Gasteiger partial charge in [0, 0.05) is 33.7 Å². The van der Waals surface area contributed by atoms with Gasteiger partial charge in [0.2, 0.25) is 5.91 Å². The van der Waals surface area contributed by atoms with Crippen LogP contribution in [0.5, 0.6) is 0 Å². The van der Waals surface area contributed by atoms with Gasteiger partial charge in [-0.1, -0.05) is 22.0 Å². The molecule has 0 spiro atoms. The highest BCUT2D eigenvalue weighted by Crippen LogP contribution is 2.27. The van der Waals surface area contributed by atoms with Crippen LogP contribution >= 0.6 is 15.9 Å². The molecular weight excluding hydrogens is 480 g/mol. The van der Waals surface area contributed by atoms with E-state index in [-0.39, 0.29) is 6.42 Å². The average molecular weight is 504 g/mol. The summed E-state index contributed by atoms with van der Waals surface area (Å²) in [5.74, 6) is -3.10. The van der Waals surface area contributed by atoms with E-state index in [4.69, 9.17) is 0 Å². The number of amides is 1. The number of hydrogen-bond acceptors (Lipinski definition) is 5. The van der Waals surface area contributed by atoms with Gasteiger partial charge < -0.3 is 15.5 Å². The van der Waals surface area contributed by atoms with Crippen molar-refractivity contribution in [2.45, 2.75) is 18.8 Å². The largest absolute Gasteiger partial charge is 0.340 e. The number of allylic oxidation sites excluding steroid dienone is 1. The van der Waals surface area contributed by atoms with Gasteiger partial charge in [-0.2, -0.15) is 0 Å². The Balaban J connectivity index is 1.71. The quantitative estimate of drug-likeness (QED) is 0.371. The third-order valence-corrected chi connectivity index (χ3v) is 5.08. The summed E-state index contributed by atoms with van der Waals surface area (Å²) < 4.78 is 28.8. The number of hydrogen-bond donors (Lipinski definition) is 2. The maximum Gasteiger partial charge on any atom is 0.267 e. The second kappa shape index (κ2) is 10.6. The molecule has 0 saturated heterocycles. The Morgan fingerprint density at radius 1 is 1.16 bits per heavy atom. The molecule has 1 aromatic heterocycles. The van der Waals surface area contributed by atoms with Crippen LogP contribution in [0, 0.1) is 0 Å². The Kier molecular flexibility index (Phi) is 7.87. The molecule has 0 aliphatic heterocycles. The third kappa shape index (κ3) is 7.06. The predicted octanol–water partition coefficient (Wildman–Crippen LogP) is 5.61. The van der Waals surface area contributed by atoms with Crippen molar-refractivity contribution in [2.75, 3.05) is 31.3 Å². The number of anilines is 3. The van der Waals surface area contributed by atoms with Gasteiger partial charge >= 0.3 is 0 Å². The van der Waals surface area contributed by atoms with Crippen LogP contribution in [0.15, 0.2) is 65.4 Å². The van der Waals surface area contributed by atoms with E-state index in [1.807, 2.05) is 43.3 Å². The number of halogens is 3. The molecule has 168 valence electrons. The normalized spacial score (nSPS) is 11.9. The lowest BCUT2D eigenvalue weighted by Gasteiger charge is -2.14. The number of nitrogens with one attached hydrogen (secondary N) is 2. The van der Waals surface area contributed by atoms with Crippen molar-refractivity contribution in [2.24, 2.45) is 0 Å². The summed E-state index contributed by atoms with van der Waals surface area (Å²) in [7, 11) is 3.66. The number of alkyl halides is 2. The molecule has 3 rings (SSSR count). The fourth-order valence-corrected chi connectivity index (χ4v) is 3.43. The highest BCUT2D eigenvalue weighted by Gasteiger charge is 2.24. The molecule has 1 heterocycles. The van der Waals surface area contributed by atoms with Crippen molar-refractivity contribution < 1.29 is 13.6 Å². The summed E-state index contributed by atoms with van der Waals surface area (Å²) in [6, 6.07) is 12.7. The molecule has 0 atom stereocenters. The van der Waals surface area contributed by atoms with E-state index in [0.717, 1.165) is 16.2 Å². The van der Waals surface area contributed by atoms with Crippen LogP contribution in [-0.2, 0) is 4.79 Å². The smallest absolute Gasteiger partial charge is 0.267 e. The summed E-state index contributed by atoms with van der Waals surface area (Å²) >= 11 is 3.43. The standard InChI is InChI=1S/C23H24BrF2N5O/c1-31(2)12-4-10-23(25,26)11-9-21(32)29-18-7-8-20-19(14-18)22(28-15-27-20)30-17-6-3-5-16(24)13-17/h3,5-9,11,13-15H,4,10,12H2,1-2H3,(H,29,32)(H,27,28,30). The van der Waals surface area contributed by atoms with Crippen molar-refractivity contribution >= 4 is 49.9 Å². The zero-order valence-corrected chi connectivity index (χ0v) is 19.4. The van der Waals surface area contributed by atoms with Gasteiger partial charge in [0.25, 0.3) is 5.92 Å². The Labute approximate surface area is 193 Å². The minimum absolute atomic E-state index is 0.313. The zero-order chi connectivity index (χ0) is 23.1. The molecule has 0 unspecified atom stereocenters. The topological polar surface area (TPSA) is 70.2 Å². The minimum atomic E-state index is -3.04. The van der Waals surface area contributed by atoms with Gasteiger partial charge in [-0.15, -0.1) is 0 Å². The number of carbonyl (C=O) groups is 1. The van der Waals surface area contributed by atoms with Crippen molar-refractivity contribution in [3.63, 3.8) is 0 Å². The van der Waals surface area contributed by atoms with Crippen LogP contribution in [0.3, 0.4) is 0 Å². The van der Waals surface area contributed by atoms with Crippen molar-refractivity contribution in [3.05, 3.63) is 65.4 Å². The average Bonchev–Trinajstić information content (AvgIpc) is 2.72. The van der Waals surface area contributed by atoms with Crippen molar-refractivity contribution in [1.29, 1.82) is 0 Å². The summed E-state index contributed by atoms with van der Waals surface area (Å²) in [5, 5.41) is 6.54. The van der Waals surface area contributed by atoms with E-state index in [2.05, 4.69) is 36.5 Å². The number of rotatable bonds is 9. The number of benzene rings is 2. The molecule has 0 radical (unpaired) electrons. The Bertz CT molecular complexity index is 1120. The zero-order valence-electron chi connectivity index (χ0n) is 17.8. The molecular formula is C23H24BrF2N5O. The molecule has 0 saturated carbocycles. The second-order valence-corrected chi connectivity index (χ2v) is 8.50. The first-order chi connectivity index (χ1) is 15.2. The fraction of sp³-hybridized carbons (Fsp3) is 0.261. The first kappa shape index (κ1) is 23.7. The van der Waals surface area contributed by atoms with Gasteiger partial charge in [0.15, 0.2) is 0 Å². The number of fused-ring (bicyclic) bond motifs is 1. The maximum atomic E-state index is 14.0. The fourth-order valence-electron chi connectivity index (χ4n) is 3.03. The second-order valence-electron chi connectivity index (χ2n) is 7.58. The van der Waals surface area contributed by atoms with Crippen molar-refractivity contribution in [1.82, 2.24) is 14.9 Å². The van der Waals surface area contributed by atoms with Crippen LogP contribution in [0.1, 0.15) is 12.8 Å². The molecule has 0 fully saturated rings. The van der Waals surface area contributed by atoms with Crippen LogP contribution in [0.2, 0.25) is 0 Å². The summed E-state index contributed by atoms with van der Waals surface area (Å²) in [4.78, 5) is 22.6. The molecule has 0 aliphatic carbocycles. The molecule has 0 aliphatic rings. The van der Waals surface area contributed by atoms with E-state index in [0.29, 0.717) is 41.4 Å². The van der Waals surface area contributed by atoms with E-state index in [9.17, 15) is 13.6 Å². The Morgan fingerprint density at radius 2 is 1.97 bits per heavy atom. The summed E-state index contributed by atoms with van der Waals surface area (Å²) in [6.45, 7) is 0.561. The molecule has 2 aromatic carbocycles. The van der Waals surface area contributed by atoms with Gasteiger partial charge in [-0.05, 0) is 69.5 Å². The highest BCUT2D eigenvalue weighted by molar-refractivity contribution is 9.10. The van der Waals surface area contributed by atoms with Gasteiger partial charge in [0.1, 0.15) is 12.1 Å². The molecule has 6 nitrogen and oxygen atoms in total. The molecule has 0 bridgehead atoms. The molecule has 3 aromatic rings. The van der Waals surface area contributed by atoms with E-state index < -0.39 is 11.8 Å². The Hall–Kier alpha value is -2.91. The predicted molar refractivity (Wildman–Crippen MR) is 127 cm³/mol. The lowest BCUT2D eigenvalue weighted by atomic mass is 10.1. The maximum absolute atomic E-state index is 14.0. The molecule has 1 amide bonds. The monoisotopic (exact) mass is 503 g/mol. The SMILES string of the molecule is CN(C)CCCC(F)(F)C=CC(=O)Nc1ccc2ncnc(Nc3cccc(Br)c3)c2c1. The van der Waals surface area contributed by atoms with E-state index in [1.165, 1.54) is 6.33 Å². The van der Waals surface area contributed by atoms with Crippen LogP contribution in [-0.4, -0.2) is 47.3 Å². The van der Waals surface area contributed by atoms with Gasteiger partial charge in [0.05, 0.1) is 5.52 Å². The summed E-state index contributed by atoms with van der Waals surface area (Å²) in [6.07, 6.45) is 3.00. The van der Waals surface area contributed by atoms with Crippen LogP contribution in [0.4, 0.5) is 26.0 Å². The lowest BCUT2D eigenvalue weighted by molar-refractivity contribution is -0.112. The molecule has 9 heteroatoms. The molecule has 2 N–H and O–H groups in total. The minimum Gasteiger partial charge on any atom is -0.340 e. The number of aromatic nitrogens is 2. The number of nitrogens with zero attached hydrogens (tertiary/aromatic N) is 3. The van der Waals surface area contributed by atoms with Gasteiger partial charge in [-0.3, -0.25) is 4.79 Å². The van der Waals surface area contributed by atoms with E-state index >= 15 is 0 Å². The third-order valence-electron chi connectivity index (χ3n) is 4.58. The highest BCUT2D eigenvalue weighted by atomic mass is 79.9. The number of carbonyl (C=O) groups excluding carboxylic acids is 1.